The highest BCUT2D eigenvalue weighted by Gasteiger charge is 2.31. The fourth-order valence-corrected chi connectivity index (χ4v) is 4.82. The van der Waals surface area contributed by atoms with E-state index in [-0.39, 0.29) is 4.90 Å². The maximum atomic E-state index is 12.7. The van der Waals surface area contributed by atoms with E-state index in [1.807, 2.05) is 0 Å². The van der Waals surface area contributed by atoms with E-state index < -0.39 is 21.8 Å². The number of sulfonamides is 1. The minimum absolute atomic E-state index is 0.109. The van der Waals surface area contributed by atoms with Crippen LogP contribution in [0.4, 0.5) is 13.2 Å². The molecule has 1 aromatic carbocycles. The second kappa shape index (κ2) is 10.6. The summed E-state index contributed by atoms with van der Waals surface area (Å²) in [6, 6.07) is 3.68. The van der Waals surface area contributed by atoms with Gasteiger partial charge in [0.25, 0.3) is 0 Å². The van der Waals surface area contributed by atoms with Crippen LogP contribution in [-0.2, 0) is 16.2 Å². The van der Waals surface area contributed by atoms with Gasteiger partial charge in [-0.1, -0.05) is 19.1 Å². The third kappa shape index (κ3) is 7.12. The molecule has 0 aromatic heterocycles. The Kier molecular flexibility index (Phi) is 8.73. The van der Waals surface area contributed by atoms with E-state index in [4.69, 9.17) is 0 Å². The number of alkyl halides is 3. The van der Waals surface area contributed by atoms with E-state index >= 15 is 0 Å². The van der Waals surface area contributed by atoms with E-state index in [1.54, 1.807) is 0 Å². The number of rotatable bonds is 9. The van der Waals surface area contributed by atoms with E-state index in [0.29, 0.717) is 18.4 Å². The lowest BCUT2D eigenvalue weighted by molar-refractivity contribution is -0.137. The van der Waals surface area contributed by atoms with Gasteiger partial charge in [0.05, 0.1) is 10.5 Å². The molecule has 0 unspecified atom stereocenters. The summed E-state index contributed by atoms with van der Waals surface area (Å²) in [6.45, 7) is 4.30. The quantitative estimate of drug-likeness (QED) is 0.455. The molecule has 4 nitrogen and oxygen atoms in total. The molecule has 0 aliphatic heterocycles. The molecule has 0 spiro atoms. The zero-order valence-electron chi connectivity index (χ0n) is 17.1. The van der Waals surface area contributed by atoms with Crippen LogP contribution in [0.3, 0.4) is 0 Å². The molecule has 0 bridgehead atoms. The van der Waals surface area contributed by atoms with E-state index in [1.165, 1.54) is 11.4 Å². The van der Waals surface area contributed by atoms with Crippen LogP contribution in [0.15, 0.2) is 41.3 Å². The number of hydrogen-bond donors (Lipinski definition) is 1. The number of nitrogens with zero attached hydrogens (tertiary/aromatic N) is 1. The molecule has 0 heterocycles. The molecule has 0 radical (unpaired) electrons. The first-order valence-corrected chi connectivity index (χ1v) is 11.6. The van der Waals surface area contributed by atoms with Crippen molar-refractivity contribution in [2.75, 3.05) is 26.7 Å². The first-order valence-electron chi connectivity index (χ1n) is 10.2. The summed E-state index contributed by atoms with van der Waals surface area (Å²) in [6.07, 6.45) is 5.12. The zero-order valence-corrected chi connectivity index (χ0v) is 17.9. The lowest BCUT2D eigenvalue weighted by atomic mass is 9.80. The predicted octanol–water partition coefficient (Wildman–Crippen LogP) is 4.69. The maximum absolute atomic E-state index is 12.7. The van der Waals surface area contributed by atoms with Crippen molar-refractivity contribution in [1.29, 1.82) is 0 Å². The zero-order chi connectivity index (χ0) is 21.5. The van der Waals surface area contributed by atoms with Gasteiger partial charge in [-0.2, -0.15) is 13.2 Å². The van der Waals surface area contributed by atoms with Gasteiger partial charge in [-0.15, -0.1) is 0 Å². The number of benzene rings is 1. The number of halogens is 3. The van der Waals surface area contributed by atoms with Crippen LogP contribution >= 0.6 is 0 Å². The number of allylic oxidation sites excluding steroid dienone is 1. The van der Waals surface area contributed by atoms with Gasteiger partial charge in [-0.05, 0) is 74.8 Å². The maximum Gasteiger partial charge on any atom is 0.416 e. The minimum atomic E-state index is -4.48. The van der Waals surface area contributed by atoms with Crippen LogP contribution in [0, 0.1) is 11.8 Å². The lowest BCUT2D eigenvalue weighted by Gasteiger charge is -2.28. The summed E-state index contributed by atoms with van der Waals surface area (Å²) in [4.78, 5) is -0.109. The van der Waals surface area contributed by atoms with Crippen LogP contribution in [-0.4, -0.2) is 39.4 Å². The molecule has 1 fully saturated rings. The van der Waals surface area contributed by atoms with Crippen LogP contribution in [0.2, 0.25) is 0 Å². The van der Waals surface area contributed by atoms with Crippen LogP contribution in [0.5, 0.6) is 0 Å². The topological polar surface area (TPSA) is 49.4 Å². The Morgan fingerprint density at radius 1 is 1.14 bits per heavy atom. The van der Waals surface area contributed by atoms with Gasteiger partial charge in [-0.25, -0.2) is 12.7 Å². The molecule has 2 rings (SSSR count). The second-order valence-corrected chi connectivity index (χ2v) is 9.70. The highest BCUT2D eigenvalue weighted by atomic mass is 32.2. The minimum Gasteiger partial charge on any atom is -0.314 e. The Labute approximate surface area is 172 Å². The van der Waals surface area contributed by atoms with Crippen LogP contribution < -0.4 is 5.32 Å². The Morgan fingerprint density at radius 2 is 1.76 bits per heavy atom. The average molecular weight is 433 g/mol. The highest BCUT2D eigenvalue weighted by Crippen LogP contribution is 2.32. The van der Waals surface area contributed by atoms with Gasteiger partial charge >= 0.3 is 6.18 Å². The van der Waals surface area contributed by atoms with Gasteiger partial charge in [0.1, 0.15) is 0 Å². The highest BCUT2D eigenvalue weighted by molar-refractivity contribution is 7.89. The standard InChI is InChI=1S/C21H31F3N2O2S/c1-3-25-15-4-5-17-6-8-18(9-7-17)14-16-26(2)29(27,28)20-12-10-19(11-13-20)21(22,23)24/h4-5,10-13,17-18,25H,3,6-9,14-16H2,1-2H3/t17-,18-. The van der Waals surface area contributed by atoms with Gasteiger partial charge in [0, 0.05) is 20.1 Å². The molecular weight excluding hydrogens is 401 g/mol. The SMILES string of the molecule is CCNCC=C[C@H]1CC[C@H](CCN(C)S(=O)(=O)c2ccc(C(F)(F)F)cc2)CC1. The Bertz CT molecular complexity index is 753. The van der Waals surface area contributed by atoms with Crippen LogP contribution in [0.1, 0.15) is 44.6 Å². The monoisotopic (exact) mass is 432 g/mol. The van der Waals surface area contributed by atoms with Gasteiger partial charge in [0.15, 0.2) is 0 Å². The summed E-state index contributed by atoms with van der Waals surface area (Å²) in [5.41, 5.74) is -0.851. The Balaban J connectivity index is 1.83. The normalized spacial score (nSPS) is 21.2. The van der Waals surface area contributed by atoms with Gasteiger partial charge in [-0.3, -0.25) is 0 Å². The average Bonchev–Trinajstić information content (AvgIpc) is 2.69. The largest absolute Gasteiger partial charge is 0.416 e. The Morgan fingerprint density at radius 3 is 2.31 bits per heavy atom. The summed E-state index contributed by atoms with van der Waals surface area (Å²) in [7, 11) is -2.29. The van der Waals surface area contributed by atoms with E-state index in [0.717, 1.165) is 69.5 Å². The fourth-order valence-electron chi connectivity index (χ4n) is 3.64. The first kappa shape index (κ1) is 23.9. The molecule has 0 atom stereocenters. The molecule has 1 aliphatic carbocycles. The summed E-state index contributed by atoms with van der Waals surface area (Å²) in [5, 5.41) is 3.26. The van der Waals surface area contributed by atoms with Crippen molar-refractivity contribution in [3.05, 3.63) is 42.0 Å². The van der Waals surface area contributed by atoms with Crippen molar-refractivity contribution in [3.63, 3.8) is 0 Å². The smallest absolute Gasteiger partial charge is 0.314 e. The molecule has 0 amide bonds. The third-order valence-corrected chi connectivity index (χ3v) is 7.43. The molecule has 164 valence electrons. The molecule has 1 aromatic rings. The second-order valence-electron chi connectivity index (χ2n) is 7.65. The van der Waals surface area contributed by atoms with Gasteiger partial charge in [0.2, 0.25) is 10.0 Å². The molecule has 0 saturated heterocycles. The van der Waals surface area contributed by atoms with Crippen LogP contribution in [0.25, 0.3) is 0 Å². The van der Waals surface area contributed by atoms with Crippen molar-refractivity contribution in [2.45, 2.75) is 50.1 Å². The van der Waals surface area contributed by atoms with Gasteiger partial charge < -0.3 is 5.32 Å². The fraction of sp³-hybridized carbons (Fsp3) is 0.619. The van der Waals surface area contributed by atoms with Crippen molar-refractivity contribution in [3.8, 4) is 0 Å². The molecule has 8 heteroatoms. The predicted molar refractivity (Wildman–Crippen MR) is 109 cm³/mol. The van der Waals surface area contributed by atoms with Crippen molar-refractivity contribution in [1.82, 2.24) is 9.62 Å². The number of nitrogens with one attached hydrogen (secondary N) is 1. The first-order chi connectivity index (χ1) is 13.6. The summed E-state index contributed by atoms with van der Waals surface area (Å²) >= 11 is 0. The molecule has 1 N–H and O–H groups in total. The summed E-state index contributed by atoms with van der Waals surface area (Å²) in [5.74, 6) is 1.08. The van der Waals surface area contributed by atoms with E-state index in [2.05, 4.69) is 24.4 Å². The molecule has 1 saturated carbocycles. The lowest BCUT2D eigenvalue weighted by Crippen LogP contribution is -2.29. The van der Waals surface area contributed by atoms with E-state index in [9.17, 15) is 21.6 Å². The van der Waals surface area contributed by atoms with Crippen molar-refractivity contribution >= 4 is 10.0 Å². The number of likely N-dealkylation sites (N-methyl/N-ethyl adjacent to an activating group) is 1. The number of hydrogen-bond acceptors (Lipinski definition) is 3. The van der Waals surface area contributed by atoms with Crippen molar-refractivity contribution in [2.24, 2.45) is 11.8 Å². The molecule has 1 aliphatic rings. The summed E-state index contributed by atoms with van der Waals surface area (Å²) < 4.78 is 64.5. The molecule has 29 heavy (non-hydrogen) atoms. The Hall–Kier alpha value is -1.38. The molecular formula is C21H31F3N2O2S. The van der Waals surface area contributed by atoms with Crippen molar-refractivity contribution < 1.29 is 21.6 Å². The third-order valence-electron chi connectivity index (χ3n) is 5.55.